The Kier molecular flexibility index (Phi) is 2.13. The average molecular weight is 173 g/mol. The molecule has 66 valence electrons. The second-order valence-corrected chi connectivity index (χ2v) is 2.78. The van der Waals surface area contributed by atoms with Crippen LogP contribution in [-0.2, 0) is 0 Å². The van der Waals surface area contributed by atoms with Crippen molar-refractivity contribution in [1.82, 2.24) is 4.98 Å². The van der Waals surface area contributed by atoms with Crippen molar-refractivity contribution in [2.45, 2.75) is 6.92 Å². The fourth-order valence-electron chi connectivity index (χ4n) is 1.28. The summed E-state index contributed by atoms with van der Waals surface area (Å²) in [4.78, 5) is 4.32. The Bertz CT molecular complexity index is 342. The highest BCUT2D eigenvalue weighted by Gasteiger charge is 2.05. The molecule has 0 radical (unpaired) electrons. The molecule has 1 heterocycles. The Hall–Kier alpha value is -1.57. The molecule has 0 aromatic carbocycles. The number of aromatic nitrogens is 1. The van der Waals surface area contributed by atoms with Crippen LogP contribution in [0.5, 0.6) is 5.88 Å². The monoisotopic (exact) mass is 173 g/mol. The SMILES string of the molecule is CCOc1cc2cccccc-2n1. The predicted octanol–water partition coefficient (Wildman–Crippen LogP) is 2.59. The quantitative estimate of drug-likeness (QED) is 0.696. The summed E-state index contributed by atoms with van der Waals surface area (Å²) in [5.74, 6) is 0.712. The zero-order valence-electron chi connectivity index (χ0n) is 7.53. The molecule has 13 heavy (non-hydrogen) atoms. The van der Waals surface area contributed by atoms with Crippen LogP contribution >= 0.6 is 0 Å². The van der Waals surface area contributed by atoms with Gasteiger partial charge in [0.2, 0.25) is 5.88 Å². The fourth-order valence-corrected chi connectivity index (χ4v) is 1.28. The third-order valence-electron chi connectivity index (χ3n) is 1.85. The first kappa shape index (κ1) is 8.05. The molecule has 0 N–H and O–H groups in total. The third-order valence-corrected chi connectivity index (χ3v) is 1.85. The Morgan fingerprint density at radius 1 is 1.23 bits per heavy atom. The van der Waals surface area contributed by atoms with Crippen LogP contribution in [0.25, 0.3) is 11.3 Å². The maximum atomic E-state index is 5.31. The lowest BCUT2D eigenvalue weighted by atomic mass is 10.2. The highest BCUT2D eigenvalue weighted by Crippen LogP contribution is 2.24. The fraction of sp³-hybridized carbons (Fsp3) is 0.182. The van der Waals surface area contributed by atoms with Crippen molar-refractivity contribution in [2.24, 2.45) is 0 Å². The number of fused-ring (bicyclic) bond motifs is 1. The van der Waals surface area contributed by atoms with Gasteiger partial charge >= 0.3 is 0 Å². The van der Waals surface area contributed by atoms with E-state index in [-0.39, 0.29) is 0 Å². The molecular weight excluding hydrogens is 162 g/mol. The van der Waals surface area contributed by atoms with Gasteiger partial charge in [-0.05, 0) is 13.0 Å². The Balaban J connectivity index is 2.45. The zero-order valence-corrected chi connectivity index (χ0v) is 7.53. The van der Waals surface area contributed by atoms with E-state index in [2.05, 4.69) is 4.98 Å². The third kappa shape index (κ3) is 1.61. The highest BCUT2D eigenvalue weighted by atomic mass is 16.5. The van der Waals surface area contributed by atoms with Crippen molar-refractivity contribution in [3.05, 3.63) is 36.4 Å². The largest absolute Gasteiger partial charge is 0.478 e. The first-order chi connectivity index (χ1) is 6.40. The molecule has 0 atom stereocenters. The standard InChI is InChI=1S/C11H11NO/c1-2-13-11-8-9-6-4-3-5-7-10(9)12-11/h3-8H,2H2,1H3. The van der Waals surface area contributed by atoms with Gasteiger partial charge in [0.15, 0.2) is 0 Å². The van der Waals surface area contributed by atoms with Crippen LogP contribution in [0.2, 0.25) is 0 Å². The van der Waals surface area contributed by atoms with Crippen molar-refractivity contribution in [3.8, 4) is 17.1 Å². The molecule has 0 unspecified atom stereocenters. The van der Waals surface area contributed by atoms with Crippen LogP contribution in [-0.4, -0.2) is 11.6 Å². The van der Waals surface area contributed by atoms with Gasteiger partial charge < -0.3 is 4.74 Å². The predicted molar refractivity (Wildman–Crippen MR) is 52.0 cm³/mol. The summed E-state index contributed by atoms with van der Waals surface area (Å²) in [6.07, 6.45) is 0. The second-order valence-electron chi connectivity index (χ2n) is 2.78. The van der Waals surface area contributed by atoms with Gasteiger partial charge in [-0.3, -0.25) is 0 Å². The van der Waals surface area contributed by atoms with Crippen LogP contribution in [0.3, 0.4) is 0 Å². The molecule has 2 rings (SSSR count). The van der Waals surface area contributed by atoms with Gasteiger partial charge in [0, 0.05) is 11.6 Å². The van der Waals surface area contributed by atoms with Crippen LogP contribution in [0, 0.1) is 0 Å². The van der Waals surface area contributed by atoms with Crippen molar-refractivity contribution in [1.29, 1.82) is 0 Å². The highest BCUT2D eigenvalue weighted by molar-refractivity contribution is 5.63. The van der Waals surface area contributed by atoms with Crippen molar-refractivity contribution in [3.63, 3.8) is 0 Å². The number of ether oxygens (including phenoxy) is 1. The molecule has 0 saturated carbocycles. The second kappa shape index (κ2) is 3.44. The Labute approximate surface area is 77.5 Å². The lowest BCUT2D eigenvalue weighted by Gasteiger charge is -1.93. The smallest absolute Gasteiger partial charge is 0.214 e. The average Bonchev–Trinajstić information content (AvgIpc) is 2.37. The summed E-state index contributed by atoms with van der Waals surface area (Å²) >= 11 is 0. The maximum absolute atomic E-state index is 5.31. The molecule has 2 heteroatoms. The lowest BCUT2D eigenvalue weighted by molar-refractivity contribution is 0.329. The number of nitrogens with zero attached hydrogens (tertiary/aromatic N) is 1. The van der Waals surface area contributed by atoms with E-state index >= 15 is 0 Å². The van der Waals surface area contributed by atoms with Gasteiger partial charge in [-0.15, -0.1) is 0 Å². The van der Waals surface area contributed by atoms with E-state index in [1.54, 1.807) is 0 Å². The molecule has 2 nitrogen and oxygen atoms in total. The Morgan fingerprint density at radius 2 is 2.08 bits per heavy atom. The van der Waals surface area contributed by atoms with Crippen LogP contribution in [0.4, 0.5) is 0 Å². The van der Waals surface area contributed by atoms with Gasteiger partial charge in [0.05, 0.1) is 12.3 Å². The van der Waals surface area contributed by atoms with Gasteiger partial charge in [-0.25, -0.2) is 4.98 Å². The lowest BCUT2D eigenvalue weighted by Crippen LogP contribution is -1.89. The van der Waals surface area contributed by atoms with Crippen LogP contribution < -0.4 is 4.74 Å². The van der Waals surface area contributed by atoms with E-state index in [0.717, 1.165) is 11.3 Å². The van der Waals surface area contributed by atoms with E-state index in [0.29, 0.717) is 12.5 Å². The molecule has 0 spiro atoms. The molecule has 2 aliphatic rings. The summed E-state index contributed by atoms with van der Waals surface area (Å²) in [5, 5.41) is 0. The van der Waals surface area contributed by atoms with Gasteiger partial charge in [-0.2, -0.15) is 0 Å². The minimum absolute atomic E-state index is 0.662. The van der Waals surface area contributed by atoms with E-state index in [9.17, 15) is 0 Å². The van der Waals surface area contributed by atoms with Gasteiger partial charge in [-0.1, -0.05) is 24.3 Å². The number of hydrogen-bond donors (Lipinski definition) is 0. The first-order valence-corrected chi connectivity index (χ1v) is 4.39. The van der Waals surface area contributed by atoms with E-state index < -0.39 is 0 Å². The minimum atomic E-state index is 0.662. The minimum Gasteiger partial charge on any atom is -0.478 e. The van der Waals surface area contributed by atoms with E-state index in [1.807, 2.05) is 43.3 Å². The van der Waals surface area contributed by atoms with Crippen molar-refractivity contribution < 1.29 is 4.74 Å². The molecule has 0 bridgehead atoms. The molecule has 0 aromatic heterocycles. The maximum Gasteiger partial charge on any atom is 0.214 e. The van der Waals surface area contributed by atoms with Crippen LogP contribution in [0.15, 0.2) is 36.4 Å². The molecule has 1 aliphatic heterocycles. The topological polar surface area (TPSA) is 22.1 Å². The summed E-state index contributed by atoms with van der Waals surface area (Å²) in [7, 11) is 0. The molecule has 0 fully saturated rings. The number of rotatable bonds is 2. The van der Waals surface area contributed by atoms with Gasteiger partial charge in [0.25, 0.3) is 0 Å². The molecule has 0 aromatic rings. The Morgan fingerprint density at radius 3 is 2.92 bits per heavy atom. The number of hydrogen-bond acceptors (Lipinski definition) is 2. The molecule has 0 saturated heterocycles. The zero-order chi connectivity index (χ0) is 9.10. The summed E-state index contributed by atoms with van der Waals surface area (Å²) < 4.78 is 5.31. The summed E-state index contributed by atoms with van der Waals surface area (Å²) in [6.45, 7) is 2.62. The van der Waals surface area contributed by atoms with E-state index in [4.69, 9.17) is 4.74 Å². The summed E-state index contributed by atoms with van der Waals surface area (Å²) in [6, 6.07) is 11.9. The van der Waals surface area contributed by atoms with Crippen molar-refractivity contribution in [2.75, 3.05) is 6.61 Å². The normalized spacial score (nSPS) is 10.2. The van der Waals surface area contributed by atoms with Gasteiger partial charge in [0.1, 0.15) is 0 Å². The summed E-state index contributed by atoms with van der Waals surface area (Å²) in [5.41, 5.74) is 2.10. The van der Waals surface area contributed by atoms with Crippen molar-refractivity contribution >= 4 is 0 Å². The molecule has 0 amide bonds. The molecule has 1 aliphatic carbocycles. The first-order valence-electron chi connectivity index (χ1n) is 4.39. The van der Waals surface area contributed by atoms with Crippen LogP contribution in [0.1, 0.15) is 6.92 Å². The van der Waals surface area contributed by atoms with E-state index in [1.165, 1.54) is 0 Å². The molecular formula is C11H11NO.